The zero-order chi connectivity index (χ0) is 9.42. The van der Waals surface area contributed by atoms with Crippen LogP contribution in [-0.2, 0) is 0 Å². The number of rotatable bonds is 1. The first-order valence-corrected chi connectivity index (χ1v) is 3.55. The number of anilines is 1. The molecular formula is C7H6N4O2. The minimum atomic E-state index is -0.463. The zero-order valence-electron chi connectivity index (χ0n) is 6.54. The summed E-state index contributed by atoms with van der Waals surface area (Å²) in [6.45, 7) is 0. The molecule has 0 unspecified atom stereocenters. The Labute approximate surface area is 72.8 Å². The molecule has 66 valence electrons. The molecule has 2 aromatic heterocycles. The van der Waals surface area contributed by atoms with E-state index in [4.69, 9.17) is 5.73 Å². The molecule has 2 rings (SSSR count). The van der Waals surface area contributed by atoms with Gasteiger partial charge in [-0.2, -0.15) is 0 Å². The van der Waals surface area contributed by atoms with Crippen molar-refractivity contribution in [3.8, 4) is 0 Å². The molecule has 0 atom stereocenters. The summed E-state index contributed by atoms with van der Waals surface area (Å²) in [7, 11) is 0. The predicted molar refractivity (Wildman–Crippen MR) is 46.3 cm³/mol. The molecule has 0 aliphatic heterocycles. The topological polar surface area (TPSA) is 86.5 Å². The zero-order valence-corrected chi connectivity index (χ0v) is 6.54. The van der Waals surface area contributed by atoms with Gasteiger partial charge in [0, 0.05) is 6.07 Å². The number of nitrogen functional groups attached to an aromatic ring is 1. The fourth-order valence-corrected chi connectivity index (χ4v) is 1.11. The lowest BCUT2D eigenvalue weighted by Crippen LogP contribution is -1.90. The van der Waals surface area contributed by atoms with E-state index in [9.17, 15) is 10.1 Å². The summed E-state index contributed by atoms with van der Waals surface area (Å²) in [5.41, 5.74) is 6.03. The number of nitrogens with zero attached hydrogens (tertiary/aromatic N) is 3. The maximum atomic E-state index is 10.4. The van der Waals surface area contributed by atoms with Gasteiger partial charge in [0.25, 0.3) is 5.69 Å². The molecule has 2 aromatic rings. The van der Waals surface area contributed by atoms with Crippen molar-refractivity contribution in [1.82, 2.24) is 9.38 Å². The average Bonchev–Trinajstić information content (AvgIpc) is 2.42. The van der Waals surface area contributed by atoms with Crippen molar-refractivity contribution in [1.29, 1.82) is 0 Å². The van der Waals surface area contributed by atoms with Gasteiger partial charge in [-0.05, 0) is 6.07 Å². The molecule has 0 spiro atoms. The SMILES string of the molecule is Nc1cn2cc([N+](=O)[O-])ccc2n1. The third kappa shape index (κ3) is 1.18. The molecule has 2 heterocycles. The van der Waals surface area contributed by atoms with E-state index in [1.165, 1.54) is 22.9 Å². The fraction of sp³-hybridized carbons (Fsp3) is 0. The van der Waals surface area contributed by atoms with Gasteiger partial charge in [-0.1, -0.05) is 0 Å². The number of nitrogens with two attached hydrogens (primary N) is 1. The molecule has 0 aliphatic rings. The van der Waals surface area contributed by atoms with Gasteiger partial charge < -0.3 is 5.73 Å². The Kier molecular flexibility index (Phi) is 1.42. The summed E-state index contributed by atoms with van der Waals surface area (Å²) < 4.78 is 1.52. The Morgan fingerprint density at radius 3 is 2.92 bits per heavy atom. The first-order valence-electron chi connectivity index (χ1n) is 3.55. The first kappa shape index (κ1) is 7.53. The maximum absolute atomic E-state index is 10.4. The summed E-state index contributed by atoms with van der Waals surface area (Å²) in [5, 5.41) is 10.4. The van der Waals surface area contributed by atoms with Gasteiger partial charge in [0.1, 0.15) is 11.5 Å². The monoisotopic (exact) mass is 178 g/mol. The van der Waals surface area contributed by atoms with Crippen LogP contribution in [0.15, 0.2) is 24.5 Å². The highest BCUT2D eigenvalue weighted by Crippen LogP contribution is 2.13. The van der Waals surface area contributed by atoms with E-state index in [2.05, 4.69) is 4.98 Å². The van der Waals surface area contributed by atoms with E-state index in [1.54, 1.807) is 6.07 Å². The van der Waals surface area contributed by atoms with Crippen LogP contribution in [0.3, 0.4) is 0 Å². The van der Waals surface area contributed by atoms with E-state index in [0.29, 0.717) is 11.5 Å². The van der Waals surface area contributed by atoms with Gasteiger partial charge in [0.15, 0.2) is 0 Å². The lowest BCUT2D eigenvalue weighted by molar-refractivity contribution is -0.385. The Balaban J connectivity index is 2.67. The third-order valence-corrected chi connectivity index (χ3v) is 1.66. The van der Waals surface area contributed by atoms with Gasteiger partial charge in [0.2, 0.25) is 0 Å². The second-order valence-electron chi connectivity index (χ2n) is 2.58. The smallest absolute Gasteiger partial charge is 0.286 e. The number of imidazole rings is 1. The summed E-state index contributed by atoms with van der Waals surface area (Å²) in [6, 6.07) is 2.94. The molecule has 0 amide bonds. The molecule has 6 nitrogen and oxygen atoms in total. The van der Waals surface area contributed by atoms with E-state index in [-0.39, 0.29) is 5.69 Å². The normalized spacial score (nSPS) is 10.5. The molecular weight excluding hydrogens is 172 g/mol. The van der Waals surface area contributed by atoms with Crippen LogP contribution in [0.5, 0.6) is 0 Å². The molecule has 0 aliphatic carbocycles. The van der Waals surface area contributed by atoms with Crippen molar-refractivity contribution in [2.75, 3.05) is 5.73 Å². The van der Waals surface area contributed by atoms with Gasteiger partial charge >= 0.3 is 0 Å². The van der Waals surface area contributed by atoms with Gasteiger partial charge in [-0.3, -0.25) is 14.5 Å². The van der Waals surface area contributed by atoms with E-state index in [1.807, 2.05) is 0 Å². The average molecular weight is 178 g/mol. The molecule has 0 bridgehead atoms. The van der Waals surface area contributed by atoms with Crippen LogP contribution in [0.25, 0.3) is 5.65 Å². The van der Waals surface area contributed by atoms with Crippen molar-refractivity contribution in [3.05, 3.63) is 34.6 Å². The van der Waals surface area contributed by atoms with Crippen LogP contribution >= 0.6 is 0 Å². The highest BCUT2D eigenvalue weighted by Gasteiger charge is 2.06. The van der Waals surface area contributed by atoms with Gasteiger partial charge in [-0.25, -0.2) is 4.98 Å². The Morgan fingerprint density at radius 2 is 2.23 bits per heavy atom. The molecule has 0 saturated heterocycles. The van der Waals surface area contributed by atoms with Crippen LogP contribution < -0.4 is 5.73 Å². The molecule has 0 saturated carbocycles. The van der Waals surface area contributed by atoms with E-state index < -0.39 is 4.92 Å². The maximum Gasteiger partial charge on any atom is 0.286 e. The highest BCUT2D eigenvalue weighted by molar-refractivity contribution is 5.49. The highest BCUT2D eigenvalue weighted by atomic mass is 16.6. The second-order valence-corrected chi connectivity index (χ2v) is 2.58. The van der Waals surface area contributed by atoms with E-state index in [0.717, 1.165) is 0 Å². The summed E-state index contributed by atoms with van der Waals surface area (Å²) >= 11 is 0. The van der Waals surface area contributed by atoms with Crippen molar-refractivity contribution < 1.29 is 4.92 Å². The first-order chi connectivity index (χ1) is 6.16. The Hall–Kier alpha value is -2.11. The van der Waals surface area contributed by atoms with Crippen LogP contribution in [0.2, 0.25) is 0 Å². The fourth-order valence-electron chi connectivity index (χ4n) is 1.11. The standard InChI is InChI=1S/C7H6N4O2/c8-6-4-10-3-5(11(12)13)1-2-7(10)9-6/h1-4H,8H2. The predicted octanol–water partition coefficient (Wildman–Crippen LogP) is 0.825. The van der Waals surface area contributed by atoms with Crippen LogP contribution in [0.1, 0.15) is 0 Å². The minimum absolute atomic E-state index is 0.0184. The molecule has 0 aromatic carbocycles. The second kappa shape index (κ2) is 2.44. The number of pyridine rings is 1. The molecule has 6 heteroatoms. The van der Waals surface area contributed by atoms with Crippen molar-refractivity contribution in [2.24, 2.45) is 0 Å². The molecule has 0 fully saturated rings. The summed E-state index contributed by atoms with van der Waals surface area (Å²) in [4.78, 5) is 13.9. The van der Waals surface area contributed by atoms with Crippen LogP contribution in [0.4, 0.5) is 11.5 Å². The summed E-state index contributed by atoms with van der Waals surface area (Å²) in [5.74, 6) is 0.348. The van der Waals surface area contributed by atoms with E-state index >= 15 is 0 Å². The number of aromatic nitrogens is 2. The number of fused-ring (bicyclic) bond motifs is 1. The van der Waals surface area contributed by atoms with Crippen molar-refractivity contribution in [2.45, 2.75) is 0 Å². The van der Waals surface area contributed by atoms with Gasteiger partial charge in [0.05, 0.1) is 17.3 Å². The molecule has 13 heavy (non-hydrogen) atoms. The quantitative estimate of drug-likeness (QED) is 0.517. The Morgan fingerprint density at radius 1 is 1.46 bits per heavy atom. The Bertz CT molecular complexity index is 476. The number of nitro groups is 1. The number of hydrogen-bond donors (Lipinski definition) is 1. The lowest BCUT2D eigenvalue weighted by Gasteiger charge is -1.92. The van der Waals surface area contributed by atoms with Gasteiger partial charge in [-0.15, -0.1) is 0 Å². The van der Waals surface area contributed by atoms with Crippen molar-refractivity contribution >= 4 is 17.2 Å². The summed E-state index contributed by atoms with van der Waals surface area (Å²) in [6.07, 6.45) is 2.90. The minimum Gasteiger partial charge on any atom is -0.382 e. The largest absolute Gasteiger partial charge is 0.382 e. The van der Waals surface area contributed by atoms with Crippen LogP contribution in [0, 0.1) is 10.1 Å². The third-order valence-electron chi connectivity index (χ3n) is 1.66. The van der Waals surface area contributed by atoms with Crippen molar-refractivity contribution in [3.63, 3.8) is 0 Å². The molecule has 0 radical (unpaired) electrons. The lowest BCUT2D eigenvalue weighted by atomic mass is 10.4. The molecule has 2 N–H and O–H groups in total. The number of hydrogen-bond acceptors (Lipinski definition) is 4. The van der Waals surface area contributed by atoms with Crippen LogP contribution in [-0.4, -0.2) is 14.3 Å².